The number of hydrogen-bond donors (Lipinski definition) is 0. The Morgan fingerprint density at radius 3 is 0.870 bits per heavy atom. The van der Waals surface area contributed by atoms with Crippen molar-refractivity contribution in [1.29, 1.82) is 0 Å². The van der Waals surface area contributed by atoms with Crippen LogP contribution in [0.5, 0.6) is 0 Å². The van der Waals surface area contributed by atoms with Gasteiger partial charge < -0.3 is 42.9 Å². The van der Waals surface area contributed by atoms with Gasteiger partial charge in [0.25, 0.3) is 0 Å². The van der Waals surface area contributed by atoms with Gasteiger partial charge in [-0.1, -0.05) is 141 Å². The molecule has 2 rings (SSSR count). The lowest BCUT2D eigenvalue weighted by Gasteiger charge is -2.41. The van der Waals surface area contributed by atoms with Crippen molar-refractivity contribution in [2.45, 2.75) is 206 Å². The molecule has 4 heteroatoms. The maximum absolute atomic E-state index is 3.69. The number of rotatable bonds is 28. The Hall–Kier alpha value is 0.440. The Bertz CT molecular complexity index is 631. The summed E-state index contributed by atoms with van der Waals surface area (Å²) in [4.78, 5) is 0. The molecule has 0 N–H and O–H groups in total. The molecule has 0 atom stereocenters. The van der Waals surface area contributed by atoms with Crippen molar-refractivity contribution < 1.29 is 42.9 Å². The molecule has 0 aromatic heterocycles. The molecule has 0 unspecified atom stereocenters. The lowest BCUT2D eigenvalue weighted by molar-refractivity contribution is -0.932. The first-order valence-electron chi connectivity index (χ1n) is 20.9. The molecule has 2 aliphatic rings. The summed E-state index contributed by atoms with van der Waals surface area (Å²) < 4.78 is 2.79. The van der Waals surface area contributed by atoms with E-state index in [1.165, 1.54) is 241 Å². The summed E-state index contributed by atoms with van der Waals surface area (Å²) in [6.45, 7) is 15.8. The minimum absolute atomic E-state index is 0. The zero-order valence-electron chi connectivity index (χ0n) is 31.5. The molecule has 46 heavy (non-hydrogen) atoms. The summed E-state index contributed by atoms with van der Waals surface area (Å²) >= 11 is 0. The zero-order valence-corrected chi connectivity index (χ0v) is 34.7. The number of quaternary nitrogens is 2. The third-order valence-electron chi connectivity index (χ3n) is 11.5. The molecule has 2 heterocycles. The lowest BCUT2D eigenvalue weighted by Crippen LogP contribution is -3.00. The van der Waals surface area contributed by atoms with Gasteiger partial charge in [-0.15, -0.1) is 0 Å². The third kappa shape index (κ3) is 23.7. The van der Waals surface area contributed by atoms with Crippen molar-refractivity contribution in [2.24, 2.45) is 0 Å². The van der Waals surface area contributed by atoms with E-state index >= 15 is 0 Å². The SMILES string of the molecule is CCCCCCCCCCCCC[N+]1(CCC#CCC[N+]2(CCCCCCCCCCCCC)CCCCC2)CCCCC1.[Br-].[Br-]. The molecule has 0 spiro atoms. The zero-order chi connectivity index (χ0) is 31.3. The predicted octanol–water partition coefficient (Wildman–Crippen LogP) is 6.40. The van der Waals surface area contributed by atoms with Crippen molar-refractivity contribution in [2.75, 3.05) is 52.4 Å². The number of halogens is 2. The van der Waals surface area contributed by atoms with Crippen LogP contribution in [0.1, 0.15) is 206 Å². The van der Waals surface area contributed by atoms with Crippen LogP contribution in [0.2, 0.25) is 0 Å². The summed E-state index contributed by atoms with van der Waals surface area (Å²) in [5.41, 5.74) is 0. The topological polar surface area (TPSA) is 0 Å². The van der Waals surface area contributed by atoms with Gasteiger partial charge in [-0.25, -0.2) is 0 Å². The van der Waals surface area contributed by atoms with Crippen molar-refractivity contribution in [3.63, 3.8) is 0 Å². The van der Waals surface area contributed by atoms with E-state index in [1.807, 2.05) is 0 Å². The van der Waals surface area contributed by atoms with Crippen LogP contribution >= 0.6 is 0 Å². The molecule has 0 aromatic carbocycles. The Kier molecular flexibility index (Phi) is 32.9. The molecular formula is C42H82Br2N2. The number of nitrogens with zero attached hydrogens (tertiary/aromatic N) is 2. The van der Waals surface area contributed by atoms with Crippen LogP contribution in [-0.4, -0.2) is 61.3 Å². The minimum Gasteiger partial charge on any atom is -1.00 e. The van der Waals surface area contributed by atoms with Crippen LogP contribution in [0.4, 0.5) is 0 Å². The van der Waals surface area contributed by atoms with Crippen molar-refractivity contribution in [1.82, 2.24) is 0 Å². The average molecular weight is 775 g/mol. The quantitative estimate of drug-likeness (QED) is 0.0491. The van der Waals surface area contributed by atoms with Gasteiger partial charge in [0.2, 0.25) is 0 Å². The maximum Gasteiger partial charge on any atom is 0.0897 e. The first-order chi connectivity index (χ1) is 21.7. The Morgan fingerprint density at radius 2 is 0.587 bits per heavy atom. The first-order valence-corrected chi connectivity index (χ1v) is 20.9. The molecule has 2 fully saturated rings. The lowest BCUT2D eigenvalue weighted by atomic mass is 10.0. The fourth-order valence-corrected chi connectivity index (χ4v) is 8.47. The van der Waals surface area contributed by atoms with Gasteiger partial charge in [0, 0.05) is 0 Å². The highest BCUT2D eigenvalue weighted by Crippen LogP contribution is 2.23. The monoisotopic (exact) mass is 772 g/mol. The van der Waals surface area contributed by atoms with E-state index in [0.717, 1.165) is 12.8 Å². The van der Waals surface area contributed by atoms with Crippen LogP contribution in [0, 0.1) is 11.8 Å². The van der Waals surface area contributed by atoms with E-state index in [4.69, 9.17) is 0 Å². The predicted molar refractivity (Wildman–Crippen MR) is 197 cm³/mol. The summed E-state index contributed by atoms with van der Waals surface area (Å²) in [6.07, 6.45) is 43.0. The van der Waals surface area contributed by atoms with Gasteiger partial charge in [-0.3, -0.25) is 0 Å². The second kappa shape index (κ2) is 32.6. The highest BCUT2D eigenvalue weighted by Gasteiger charge is 2.29. The van der Waals surface area contributed by atoms with E-state index in [0.29, 0.717) is 0 Å². The van der Waals surface area contributed by atoms with E-state index < -0.39 is 0 Å². The number of likely N-dealkylation sites (tertiary alicyclic amines) is 2. The van der Waals surface area contributed by atoms with Crippen LogP contribution < -0.4 is 34.0 Å². The van der Waals surface area contributed by atoms with Crippen LogP contribution in [0.3, 0.4) is 0 Å². The highest BCUT2D eigenvalue weighted by atomic mass is 79.9. The van der Waals surface area contributed by atoms with E-state index in [2.05, 4.69) is 25.7 Å². The standard InChI is InChI=1S/C42H82N2.2BrH/c1-3-5-7-9-11-13-15-17-19-21-27-35-43(39-31-25-32-40-43)37-29-23-24-30-38-44(41-33-26-34-42-44)36-28-22-20-18-16-14-12-10-8-6-4-2;;/h3-22,25-42H2,1-2H3;2*1H/q+2;;/p-2. The molecule has 0 bridgehead atoms. The van der Waals surface area contributed by atoms with Gasteiger partial charge in [0.1, 0.15) is 0 Å². The third-order valence-corrected chi connectivity index (χ3v) is 11.5. The summed E-state index contributed by atoms with van der Waals surface area (Å²) in [5, 5.41) is 0. The number of unbranched alkanes of at least 4 members (excludes halogenated alkanes) is 20. The van der Waals surface area contributed by atoms with E-state index in [-0.39, 0.29) is 34.0 Å². The molecule has 2 nitrogen and oxygen atoms in total. The smallest absolute Gasteiger partial charge is 0.0897 e. The summed E-state index contributed by atoms with van der Waals surface area (Å²) in [7, 11) is 0. The molecule has 2 saturated heterocycles. The second-order valence-electron chi connectivity index (χ2n) is 15.5. The molecule has 0 saturated carbocycles. The van der Waals surface area contributed by atoms with Gasteiger partial charge >= 0.3 is 0 Å². The Balaban J connectivity index is 0.0000101. The van der Waals surface area contributed by atoms with Crippen molar-refractivity contribution in [3.05, 3.63) is 0 Å². The minimum atomic E-state index is 0. The van der Waals surface area contributed by atoms with Crippen LogP contribution in [0.25, 0.3) is 0 Å². The molecule has 0 amide bonds. The molecule has 0 aromatic rings. The van der Waals surface area contributed by atoms with Gasteiger partial charge in [-0.05, 0) is 64.2 Å². The Morgan fingerprint density at radius 1 is 0.326 bits per heavy atom. The highest BCUT2D eigenvalue weighted by molar-refractivity contribution is 4.98. The molecule has 0 radical (unpaired) electrons. The summed E-state index contributed by atoms with van der Waals surface area (Å²) in [5.74, 6) is 7.39. The maximum atomic E-state index is 3.69. The fraction of sp³-hybridized carbons (Fsp3) is 0.952. The van der Waals surface area contributed by atoms with E-state index in [9.17, 15) is 0 Å². The van der Waals surface area contributed by atoms with Gasteiger partial charge in [0.05, 0.1) is 65.2 Å². The number of hydrogen-bond acceptors (Lipinski definition) is 0. The van der Waals surface area contributed by atoms with Gasteiger partial charge in [0.15, 0.2) is 0 Å². The first kappa shape index (κ1) is 46.4. The van der Waals surface area contributed by atoms with Crippen molar-refractivity contribution in [3.8, 4) is 11.8 Å². The van der Waals surface area contributed by atoms with E-state index in [1.54, 1.807) is 0 Å². The fourth-order valence-electron chi connectivity index (χ4n) is 8.47. The molecule has 2 aliphatic heterocycles. The largest absolute Gasteiger partial charge is 1.00 e. The summed E-state index contributed by atoms with van der Waals surface area (Å²) in [6, 6.07) is 0. The van der Waals surface area contributed by atoms with Gasteiger partial charge in [-0.2, -0.15) is 0 Å². The Labute approximate surface area is 312 Å². The van der Waals surface area contributed by atoms with Crippen LogP contribution in [-0.2, 0) is 0 Å². The average Bonchev–Trinajstić information content (AvgIpc) is 3.05. The molecule has 274 valence electrons. The molecule has 0 aliphatic carbocycles. The number of piperidine rings is 2. The van der Waals surface area contributed by atoms with Crippen molar-refractivity contribution >= 4 is 0 Å². The molecular weight excluding hydrogens is 692 g/mol. The normalized spacial score (nSPS) is 17.0. The van der Waals surface area contributed by atoms with Crippen LogP contribution in [0.15, 0.2) is 0 Å². The second-order valence-corrected chi connectivity index (χ2v) is 15.5.